The first kappa shape index (κ1) is 11.9. The van der Waals surface area contributed by atoms with Crippen LogP contribution in [0.4, 0.5) is 0 Å². The lowest BCUT2D eigenvalue weighted by molar-refractivity contribution is -0.0625. The van der Waals surface area contributed by atoms with Gasteiger partial charge in [0.2, 0.25) is 0 Å². The first-order valence-electron chi connectivity index (χ1n) is 5.20. The van der Waals surface area contributed by atoms with Gasteiger partial charge in [-0.05, 0) is 6.92 Å². The summed E-state index contributed by atoms with van der Waals surface area (Å²) >= 11 is 0. The first-order chi connectivity index (χ1) is 6.66. The zero-order valence-electron chi connectivity index (χ0n) is 9.08. The molecule has 0 bridgehead atoms. The molecular weight excluding hydrogens is 182 g/mol. The van der Waals surface area contributed by atoms with Gasteiger partial charge >= 0.3 is 0 Å². The van der Waals surface area contributed by atoms with Crippen molar-refractivity contribution in [1.29, 1.82) is 0 Å². The smallest absolute Gasteiger partial charge is 0.0815 e. The van der Waals surface area contributed by atoms with Crippen molar-refractivity contribution in [3.8, 4) is 0 Å². The Morgan fingerprint density at radius 1 is 1.50 bits per heavy atom. The molecule has 1 aliphatic rings. The lowest BCUT2D eigenvalue weighted by atomic mass is 9.94. The monoisotopic (exact) mass is 203 g/mol. The fourth-order valence-electron chi connectivity index (χ4n) is 1.52. The van der Waals surface area contributed by atoms with Crippen molar-refractivity contribution >= 4 is 0 Å². The Morgan fingerprint density at radius 2 is 2.14 bits per heavy atom. The molecule has 0 saturated carbocycles. The van der Waals surface area contributed by atoms with Crippen LogP contribution in [0.25, 0.3) is 0 Å². The van der Waals surface area contributed by atoms with Crippen molar-refractivity contribution in [2.24, 2.45) is 0 Å². The van der Waals surface area contributed by atoms with Crippen LogP contribution in [0, 0.1) is 0 Å². The molecule has 4 nitrogen and oxygen atoms in total. The normalized spacial score (nSPS) is 23.4. The predicted octanol–water partition coefficient (Wildman–Crippen LogP) is 0.152. The third-order valence-electron chi connectivity index (χ3n) is 2.71. The van der Waals surface area contributed by atoms with E-state index >= 15 is 0 Å². The summed E-state index contributed by atoms with van der Waals surface area (Å²) in [6.45, 7) is 4.74. The summed E-state index contributed by atoms with van der Waals surface area (Å²) in [6, 6.07) is 0. The maximum absolute atomic E-state index is 10.1. The Hall–Kier alpha value is -0.160. The molecule has 84 valence electrons. The van der Waals surface area contributed by atoms with Gasteiger partial charge < -0.3 is 19.9 Å². The van der Waals surface area contributed by atoms with Gasteiger partial charge in [0.25, 0.3) is 0 Å². The summed E-state index contributed by atoms with van der Waals surface area (Å²) in [4.78, 5) is 0. The molecule has 0 spiro atoms. The van der Waals surface area contributed by atoms with Crippen molar-refractivity contribution in [3.05, 3.63) is 0 Å². The van der Waals surface area contributed by atoms with Gasteiger partial charge in [-0.25, -0.2) is 0 Å². The molecule has 4 heteroatoms. The average molecular weight is 203 g/mol. The summed E-state index contributed by atoms with van der Waals surface area (Å²) in [6.07, 6.45) is 1.64. The topological polar surface area (TPSA) is 50.7 Å². The largest absolute Gasteiger partial charge is 0.388 e. The van der Waals surface area contributed by atoms with Gasteiger partial charge in [0.1, 0.15) is 0 Å². The van der Waals surface area contributed by atoms with Crippen LogP contribution in [0.15, 0.2) is 0 Å². The highest BCUT2D eigenvalue weighted by atomic mass is 16.5. The molecule has 0 amide bonds. The third-order valence-corrected chi connectivity index (χ3v) is 2.71. The maximum Gasteiger partial charge on any atom is 0.0815 e. The second-order valence-electron chi connectivity index (χ2n) is 4.01. The standard InChI is InChI=1S/C10H21NO3/c1-9(13-2)7-11-8-10(12)3-5-14-6-4-10/h9,11-12H,3-8H2,1-2H3. The molecule has 0 aromatic rings. The fourth-order valence-corrected chi connectivity index (χ4v) is 1.52. The Kier molecular flexibility index (Phi) is 4.81. The van der Waals surface area contributed by atoms with Crippen molar-refractivity contribution < 1.29 is 14.6 Å². The van der Waals surface area contributed by atoms with E-state index < -0.39 is 5.60 Å². The van der Waals surface area contributed by atoms with Gasteiger partial charge in [0, 0.05) is 46.3 Å². The number of hydrogen-bond donors (Lipinski definition) is 2. The van der Waals surface area contributed by atoms with Gasteiger partial charge in [0.05, 0.1) is 11.7 Å². The quantitative estimate of drug-likeness (QED) is 0.668. The van der Waals surface area contributed by atoms with Crippen molar-refractivity contribution in [1.82, 2.24) is 5.32 Å². The van der Waals surface area contributed by atoms with Gasteiger partial charge in [-0.15, -0.1) is 0 Å². The van der Waals surface area contributed by atoms with Crippen LogP contribution >= 0.6 is 0 Å². The highest BCUT2D eigenvalue weighted by Gasteiger charge is 2.29. The SMILES string of the molecule is COC(C)CNCC1(O)CCOCC1. The van der Waals surface area contributed by atoms with Crippen LogP contribution < -0.4 is 5.32 Å². The van der Waals surface area contributed by atoms with E-state index in [0.29, 0.717) is 19.8 Å². The molecule has 2 N–H and O–H groups in total. The molecular formula is C10H21NO3. The molecule has 1 aliphatic heterocycles. The highest BCUT2D eigenvalue weighted by Crippen LogP contribution is 2.19. The van der Waals surface area contributed by atoms with Crippen molar-refractivity contribution in [2.45, 2.75) is 31.5 Å². The lowest BCUT2D eigenvalue weighted by Crippen LogP contribution is -2.46. The van der Waals surface area contributed by atoms with Gasteiger partial charge in [0.15, 0.2) is 0 Å². The molecule has 0 aliphatic carbocycles. The van der Waals surface area contributed by atoms with Gasteiger partial charge in [-0.1, -0.05) is 0 Å². The Labute approximate surface area is 85.6 Å². The maximum atomic E-state index is 10.1. The minimum atomic E-state index is -0.578. The van der Waals surface area contributed by atoms with Crippen LogP contribution in [0.2, 0.25) is 0 Å². The molecule has 0 aromatic carbocycles. The number of aliphatic hydroxyl groups is 1. The molecule has 1 heterocycles. The molecule has 1 rings (SSSR count). The van der Waals surface area contributed by atoms with E-state index in [9.17, 15) is 5.11 Å². The van der Waals surface area contributed by atoms with Gasteiger partial charge in [-0.2, -0.15) is 0 Å². The number of ether oxygens (including phenoxy) is 2. The molecule has 0 radical (unpaired) electrons. The minimum absolute atomic E-state index is 0.193. The number of methoxy groups -OCH3 is 1. The Bertz CT molecular complexity index is 157. The molecule has 1 saturated heterocycles. The highest BCUT2D eigenvalue weighted by molar-refractivity contribution is 4.83. The molecule has 14 heavy (non-hydrogen) atoms. The van der Waals surface area contributed by atoms with E-state index in [-0.39, 0.29) is 6.10 Å². The van der Waals surface area contributed by atoms with Crippen LogP contribution in [0.5, 0.6) is 0 Å². The summed E-state index contributed by atoms with van der Waals surface area (Å²) in [7, 11) is 1.69. The predicted molar refractivity (Wildman–Crippen MR) is 54.3 cm³/mol. The van der Waals surface area contributed by atoms with Crippen molar-refractivity contribution in [3.63, 3.8) is 0 Å². The van der Waals surface area contributed by atoms with Crippen LogP contribution in [0.3, 0.4) is 0 Å². The first-order valence-corrected chi connectivity index (χ1v) is 5.20. The zero-order chi connectivity index (χ0) is 10.4. The van der Waals surface area contributed by atoms with E-state index in [0.717, 1.165) is 19.4 Å². The zero-order valence-corrected chi connectivity index (χ0v) is 9.08. The molecule has 1 atom stereocenters. The van der Waals surface area contributed by atoms with Crippen LogP contribution in [-0.4, -0.2) is 50.2 Å². The van der Waals surface area contributed by atoms with Crippen molar-refractivity contribution in [2.75, 3.05) is 33.4 Å². The number of nitrogens with one attached hydrogen (secondary N) is 1. The fraction of sp³-hybridized carbons (Fsp3) is 1.00. The van der Waals surface area contributed by atoms with Gasteiger partial charge in [-0.3, -0.25) is 0 Å². The van der Waals surface area contributed by atoms with E-state index in [1.165, 1.54) is 0 Å². The third kappa shape index (κ3) is 3.92. The minimum Gasteiger partial charge on any atom is -0.388 e. The second-order valence-corrected chi connectivity index (χ2v) is 4.01. The number of rotatable bonds is 5. The van der Waals surface area contributed by atoms with Crippen LogP contribution in [0.1, 0.15) is 19.8 Å². The Morgan fingerprint density at radius 3 is 2.71 bits per heavy atom. The summed E-state index contributed by atoms with van der Waals surface area (Å²) in [5.41, 5.74) is -0.578. The van der Waals surface area contributed by atoms with E-state index in [1.54, 1.807) is 7.11 Å². The van der Waals surface area contributed by atoms with Crippen LogP contribution in [-0.2, 0) is 9.47 Å². The summed E-state index contributed by atoms with van der Waals surface area (Å²) in [5.74, 6) is 0. The molecule has 1 fully saturated rings. The molecule has 1 unspecified atom stereocenters. The van der Waals surface area contributed by atoms with E-state index in [2.05, 4.69) is 5.32 Å². The Balaban J connectivity index is 2.15. The summed E-state index contributed by atoms with van der Waals surface area (Å²) in [5, 5.41) is 13.3. The second kappa shape index (κ2) is 5.66. The molecule has 0 aromatic heterocycles. The van der Waals surface area contributed by atoms with E-state index in [4.69, 9.17) is 9.47 Å². The number of hydrogen-bond acceptors (Lipinski definition) is 4. The average Bonchev–Trinajstić information content (AvgIpc) is 2.18. The lowest BCUT2D eigenvalue weighted by Gasteiger charge is -2.32. The summed E-state index contributed by atoms with van der Waals surface area (Å²) < 4.78 is 10.3. The van der Waals surface area contributed by atoms with E-state index in [1.807, 2.05) is 6.92 Å².